The van der Waals surface area contributed by atoms with Gasteiger partial charge in [-0.05, 0) is 54.8 Å². The number of alkyl carbamates (subject to hydrolysis) is 1. The fourth-order valence-electron chi connectivity index (χ4n) is 3.62. The lowest BCUT2D eigenvalue weighted by Crippen LogP contribution is -2.36. The maximum atomic E-state index is 12.8. The number of thiol groups is 1. The molecule has 2 N–H and O–H groups in total. The van der Waals surface area contributed by atoms with E-state index in [0.717, 1.165) is 16.7 Å². The number of amides is 2. The van der Waals surface area contributed by atoms with E-state index in [-0.39, 0.29) is 12.5 Å². The minimum atomic E-state index is -0.949. The first-order chi connectivity index (χ1) is 17.7. The van der Waals surface area contributed by atoms with Gasteiger partial charge in [-0.15, -0.1) is 12.6 Å². The lowest BCUT2D eigenvalue weighted by atomic mass is 9.97. The SMILES string of the molecule is COC[C@@H](NC(=O)OC(C)(C)c1ccc(C(=O)Nc2ccccc2S)cc1)c1ccc(COOC)cc1. The fourth-order valence-corrected chi connectivity index (χ4v) is 3.84. The number of methoxy groups -OCH3 is 1. The minimum Gasteiger partial charge on any atom is -0.439 e. The lowest BCUT2D eigenvalue weighted by Gasteiger charge is -2.27. The van der Waals surface area contributed by atoms with E-state index >= 15 is 0 Å². The van der Waals surface area contributed by atoms with Crippen molar-refractivity contribution in [2.24, 2.45) is 0 Å². The summed E-state index contributed by atoms with van der Waals surface area (Å²) in [7, 11) is 3.02. The molecule has 37 heavy (non-hydrogen) atoms. The first-order valence-electron chi connectivity index (χ1n) is 11.7. The summed E-state index contributed by atoms with van der Waals surface area (Å²) in [4.78, 5) is 35.7. The third-order valence-electron chi connectivity index (χ3n) is 5.69. The van der Waals surface area contributed by atoms with E-state index in [2.05, 4.69) is 28.1 Å². The second-order valence-electron chi connectivity index (χ2n) is 8.77. The second kappa shape index (κ2) is 13.3. The highest BCUT2D eigenvalue weighted by atomic mass is 32.1. The Labute approximate surface area is 222 Å². The molecule has 0 saturated carbocycles. The maximum Gasteiger partial charge on any atom is 0.408 e. The van der Waals surface area contributed by atoms with E-state index in [1.807, 2.05) is 36.4 Å². The van der Waals surface area contributed by atoms with Crippen molar-refractivity contribution < 1.29 is 28.8 Å². The molecular weight excluding hydrogens is 492 g/mol. The normalized spacial score (nSPS) is 12.0. The van der Waals surface area contributed by atoms with Crippen LogP contribution in [0.2, 0.25) is 0 Å². The molecule has 3 aromatic rings. The van der Waals surface area contributed by atoms with Crippen molar-refractivity contribution in [1.29, 1.82) is 0 Å². The van der Waals surface area contributed by atoms with Gasteiger partial charge in [-0.3, -0.25) is 4.79 Å². The van der Waals surface area contributed by atoms with Crippen molar-refractivity contribution >= 4 is 30.3 Å². The molecule has 0 unspecified atom stereocenters. The van der Waals surface area contributed by atoms with Crippen LogP contribution in [-0.2, 0) is 31.5 Å². The fraction of sp³-hybridized carbons (Fsp3) is 0.286. The van der Waals surface area contributed by atoms with Gasteiger partial charge in [0, 0.05) is 17.6 Å². The number of carbonyl (C=O) groups excluding carboxylic acids is 2. The molecule has 3 rings (SSSR count). The van der Waals surface area contributed by atoms with Crippen molar-refractivity contribution in [3.05, 3.63) is 95.1 Å². The highest BCUT2D eigenvalue weighted by Crippen LogP contribution is 2.26. The first-order valence-corrected chi connectivity index (χ1v) is 12.1. The van der Waals surface area contributed by atoms with Gasteiger partial charge >= 0.3 is 6.09 Å². The molecule has 3 aromatic carbocycles. The standard InChI is InChI=1S/C28H32N2O6S/c1-28(2,22-15-13-21(14-16-22)26(31)29-23-7-5-6-8-25(23)37)36-27(32)30-24(18-33-3)20-11-9-19(10-12-20)17-35-34-4/h5-16,24,37H,17-18H2,1-4H3,(H,29,31)(H,30,32)/t24-/m1/s1. The number of rotatable bonds is 11. The summed E-state index contributed by atoms with van der Waals surface area (Å²) in [5, 5.41) is 5.72. The minimum absolute atomic E-state index is 0.258. The summed E-state index contributed by atoms with van der Waals surface area (Å²) in [5.74, 6) is -0.258. The van der Waals surface area contributed by atoms with E-state index < -0.39 is 17.7 Å². The van der Waals surface area contributed by atoms with Gasteiger partial charge in [0.1, 0.15) is 12.2 Å². The van der Waals surface area contributed by atoms with Crippen LogP contribution in [0, 0.1) is 0 Å². The third kappa shape index (κ3) is 8.06. The van der Waals surface area contributed by atoms with Gasteiger partial charge in [0.2, 0.25) is 0 Å². The molecule has 0 heterocycles. The number of para-hydroxylation sites is 1. The van der Waals surface area contributed by atoms with E-state index in [9.17, 15) is 9.59 Å². The molecule has 0 spiro atoms. The van der Waals surface area contributed by atoms with Crippen LogP contribution in [0.25, 0.3) is 0 Å². The summed E-state index contributed by atoms with van der Waals surface area (Å²) < 4.78 is 11.1. The number of ether oxygens (including phenoxy) is 2. The van der Waals surface area contributed by atoms with E-state index in [1.165, 1.54) is 7.11 Å². The Morgan fingerprint density at radius 1 is 0.946 bits per heavy atom. The molecule has 0 aliphatic heterocycles. The van der Waals surface area contributed by atoms with Crippen LogP contribution in [0.3, 0.4) is 0 Å². The van der Waals surface area contributed by atoms with Crippen LogP contribution in [0.5, 0.6) is 0 Å². The zero-order valence-corrected chi connectivity index (χ0v) is 22.2. The summed E-state index contributed by atoms with van der Waals surface area (Å²) >= 11 is 4.36. The Balaban J connectivity index is 1.63. The summed E-state index contributed by atoms with van der Waals surface area (Å²) in [6, 6.07) is 21.3. The predicted octanol–water partition coefficient (Wildman–Crippen LogP) is 5.65. The molecule has 9 heteroatoms. The van der Waals surface area contributed by atoms with Crippen LogP contribution in [0.4, 0.5) is 10.5 Å². The summed E-state index contributed by atoms with van der Waals surface area (Å²) in [6.07, 6.45) is -0.592. The molecule has 0 bridgehead atoms. The first kappa shape index (κ1) is 28.2. The Bertz CT molecular complexity index is 1180. The number of hydrogen-bond donors (Lipinski definition) is 3. The van der Waals surface area contributed by atoms with Gasteiger partial charge < -0.3 is 20.1 Å². The molecule has 0 aliphatic carbocycles. The molecule has 1 atom stereocenters. The van der Waals surface area contributed by atoms with Crippen molar-refractivity contribution in [3.63, 3.8) is 0 Å². The van der Waals surface area contributed by atoms with Crippen LogP contribution < -0.4 is 10.6 Å². The number of anilines is 1. The highest BCUT2D eigenvalue weighted by molar-refractivity contribution is 7.80. The van der Waals surface area contributed by atoms with Gasteiger partial charge in [0.15, 0.2) is 0 Å². The van der Waals surface area contributed by atoms with Crippen molar-refractivity contribution in [1.82, 2.24) is 5.32 Å². The summed E-state index contributed by atoms with van der Waals surface area (Å²) in [5.41, 5.74) is 2.67. The van der Waals surface area contributed by atoms with Crippen LogP contribution in [0.1, 0.15) is 46.9 Å². The average Bonchev–Trinajstić information content (AvgIpc) is 2.88. The Morgan fingerprint density at radius 2 is 1.62 bits per heavy atom. The van der Waals surface area contributed by atoms with Gasteiger partial charge in [-0.2, -0.15) is 0 Å². The largest absolute Gasteiger partial charge is 0.439 e. The average molecular weight is 525 g/mol. The number of carbonyl (C=O) groups is 2. The van der Waals surface area contributed by atoms with Crippen LogP contribution in [-0.4, -0.2) is 32.8 Å². The molecule has 2 amide bonds. The van der Waals surface area contributed by atoms with Gasteiger partial charge in [-0.25, -0.2) is 14.6 Å². The quantitative estimate of drug-likeness (QED) is 0.170. The Kier molecular flexibility index (Phi) is 10.1. The van der Waals surface area contributed by atoms with E-state index in [4.69, 9.17) is 14.4 Å². The molecule has 0 radical (unpaired) electrons. The predicted molar refractivity (Wildman–Crippen MR) is 144 cm³/mol. The van der Waals surface area contributed by atoms with Crippen molar-refractivity contribution in [2.75, 3.05) is 26.1 Å². The Morgan fingerprint density at radius 3 is 2.24 bits per heavy atom. The van der Waals surface area contributed by atoms with Crippen molar-refractivity contribution in [3.8, 4) is 0 Å². The number of benzene rings is 3. The van der Waals surface area contributed by atoms with Gasteiger partial charge in [0.05, 0.1) is 25.4 Å². The zero-order chi connectivity index (χ0) is 26.8. The van der Waals surface area contributed by atoms with E-state index in [1.54, 1.807) is 57.4 Å². The van der Waals surface area contributed by atoms with Crippen LogP contribution in [0.15, 0.2) is 77.7 Å². The topological polar surface area (TPSA) is 95.1 Å². The zero-order valence-electron chi connectivity index (χ0n) is 21.3. The molecule has 0 aliphatic rings. The van der Waals surface area contributed by atoms with Gasteiger partial charge in [0.25, 0.3) is 5.91 Å². The molecular formula is C28H32N2O6S. The van der Waals surface area contributed by atoms with Crippen molar-refractivity contribution in [2.45, 2.75) is 37.0 Å². The second-order valence-corrected chi connectivity index (χ2v) is 9.25. The van der Waals surface area contributed by atoms with Gasteiger partial charge in [-0.1, -0.05) is 48.5 Å². The lowest BCUT2D eigenvalue weighted by molar-refractivity contribution is -0.282. The maximum absolute atomic E-state index is 12.8. The van der Waals surface area contributed by atoms with E-state index in [0.29, 0.717) is 22.8 Å². The third-order valence-corrected chi connectivity index (χ3v) is 6.08. The highest BCUT2D eigenvalue weighted by Gasteiger charge is 2.27. The molecule has 0 aromatic heterocycles. The Hall–Kier alpha value is -3.37. The smallest absolute Gasteiger partial charge is 0.408 e. The molecule has 196 valence electrons. The number of hydrogen-bond acceptors (Lipinski definition) is 7. The monoisotopic (exact) mass is 524 g/mol. The van der Waals surface area contributed by atoms with Crippen LogP contribution >= 0.6 is 12.6 Å². The molecule has 8 nitrogen and oxygen atoms in total. The number of nitrogens with one attached hydrogen (secondary N) is 2. The summed E-state index contributed by atoms with van der Waals surface area (Å²) in [6.45, 7) is 4.16. The molecule has 0 saturated heterocycles. The molecule has 0 fully saturated rings.